The van der Waals surface area contributed by atoms with E-state index < -0.39 is 34.9 Å². The Balaban J connectivity index is 2.13. The fourth-order valence-electron chi connectivity index (χ4n) is 4.33. The van der Waals surface area contributed by atoms with E-state index in [1.165, 1.54) is 30.3 Å². The van der Waals surface area contributed by atoms with Crippen LogP contribution in [-0.2, 0) is 29.2 Å². The summed E-state index contributed by atoms with van der Waals surface area (Å²) in [5.41, 5.74) is -2.42. The van der Waals surface area contributed by atoms with Crippen molar-refractivity contribution in [1.29, 1.82) is 0 Å². The SMILES string of the molecule is CCOC(=O)c1cccc2c1SC1=C(C(=O)c3ccccc3C1=O)C2(C(=O)OCC)C(=O)OCC. The molecule has 1 aliphatic heterocycles. The summed E-state index contributed by atoms with van der Waals surface area (Å²) in [5, 5.41) is 0. The molecule has 0 saturated carbocycles. The molecule has 0 saturated heterocycles. The van der Waals surface area contributed by atoms with E-state index in [0.29, 0.717) is 0 Å². The normalized spacial score (nSPS) is 15.5. The molecule has 2 aromatic rings. The molecule has 1 aliphatic carbocycles. The molecule has 2 aromatic carbocycles. The number of rotatable bonds is 6. The largest absolute Gasteiger partial charge is 0.465 e. The molecule has 0 N–H and O–H groups in total. The molecule has 4 rings (SSSR count). The van der Waals surface area contributed by atoms with Crippen molar-refractivity contribution in [1.82, 2.24) is 0 Å². The number of Topliss-reactive ketones (excluding diaryl/α,β-unsaturated/α-hetero) is 2. The van der Waals surface area contributed by atoms with Crippen molar-refractivity contribution >= 4 is 41.2 Å². The van der Waals surface area contributed by atoms with E-state index in [9.17, 15) is 24.0 Å². The van der Waals surface area contributed by atoms with E-state index in [1.54, 1.807) is 32.9 Å². The van der Waals surface area contributed by atoms with Crippen LogP contribution in [0.15, 0.2) is 57.8 Å². The van der Waals surface area contributed by atoms with Gasteiger partial charge in [0.05, 0.1) is 35.9 Å². The molecule has 0 unspecified atom stereocenters. The highest BCUT2D eigenvalue weighted by Crippen LogP contribution is 2.54. The minimum absolute atomic E-state index is 0.0317. The highest BCUT2D eigenvalue weighted by atomic mass is 32.2. The third-order valence-electron chi connectivity index (χ3n) is 5.73. The van der Waals surface area contributed by atoms with Crippen LogP contribution in [0.25, 0.3) is 0 Å². The van der Waals surface area contributed by atoms with Crippen molar-refractivity contribution in [3.05, 3.63) is 75.2 Å². The van der Waals surface area contributed by atoms with Gasteiger partial charge >= 0.3 is 17.9 Å². The number of carbonyl (C=O) groups excluding carboxylic acids is 5. The first kappa shape index (κ1) is 24.4. The van der Waals surface area contributed by atoms with Gasteiger partial charge in [0, 0.05) is 21.6 Å². The molecule has 1 heterocycles. The number of esters is 3. The second-order valence-electron chi connectivity index (χ2n) is 7.60. The van der Waals surface area contributed by atoms with Gasteiger partial charge in [0.1, 0.15) is 0 Å². The lowest BCUT2D eigenvalue weighted by Crippen LogP contribution is -2.53. The molecule has 0 radical (unpaired) electrons. The van der Waals surface area contributed by atoms with Gasteiger partial charge in [-0.05, 0) is 26.8 Å². The van der Waals surface area contributed by atoms with Crippen molar-refractivity contribution in [3.8, 4) is 0 Å². The highest BCUT2D eigenvalue weighted by Gasteiger charge is 2.62. The maximum atomic E-state index is 13.8. The summed E-state index contributed by atoms with van der Waals surface area (Å²) in [6.45, 7) is 4.66. The Hall–Kier alpha value is -3.72. The summed E-state index contributed by atoms with van der Waals surface area (Å²) in [6, 6.07) is 10.6. The number of ketones is 2. The Morgan fingerprint density at radius 1 is 0.771 bits per heavy atom. The standard InChI is InChI=1S/C26H22O8S/c1-4-32-23(29)16-12-9-13-17-21(16)35-22-18(19(27)14-10-7-8-11-15(14)20(22)28)26(17,24(30)33-5-2)25(31)34-6-3/h7-13H,4-6H2,1-3H3. The predicted octanol–water partition coefficient (Wildman–Crippen LogP) is 3.67. The zero-order valence-electron chi connectivity index (χ0n) is 19.3. The third-order valence-corrected chi connectivity index (χ3v) is 6.97. The average Bonchev–Trinajstić information content (AvgIpc) is 2.86. The van der Waals surface area contributed by atoms with E-state index in [2.05, 4.69) is 0 Å². The summed E-state index contributed by atoms with van der Waals surface area (Å²) < 4.78 is 15.8. The lowest BCUT2D eigenvalue weighted by molar-refractivity contribution is -0.162. The van der Waals surface area contributed by atoms with Crippen LogP contribution < -0.4 is 0 Å². The van der Waals surface area contributed by atoms with Gasteiger partial charge in [0.25, 0.3) is 0 Å². The topological polar surface area (TPSA) is 113 Å². The number of ether oxygens (including phenoxy) is 3. The average molecular weight is 495 g/mol. The van der Waals surface area contributed by atoms with Crippen LogP contribution in [0, 0.1) is 0 Å². The molecule has 2 aliphatic rings. The monoisotopic (exact) mass is 494 g/mol. The first-order valence-corrected chi connectivity index (χ1v) is 11.9. The summed E-state index contributed by atoms with van der Waals surface area (Å²) in [5.74, 6) is -4.01. The van der Waals surface area contributed by atoms with E-state index >= 15 is 0 Å². The molecule has 9 heteroatoms. The predicted molar refractivity (Wildman–Crippen MR) is 125 cm³/mol. The van der Waals surface area contributed by atoms with E-state index in [4.69, 9.17) is 14.2 Å². The minimum atomic E-state index is -2.40. The molecule has 0 amide bonds. The van der Waals surface area contributed by atoms with Crippen molar-refractivity contribution < 1.29 is 38.2 Å². The quantitative estimate of drug-likeness (QED) is 0.337. The molecular formula is C26H22O8S. The van der Waals surface area contributed by atoms with E-state index in [0.717, 1.165) is 11.8 Å². The molecule has 8 nitrogen and oxygen atoms in total. The minimum Gasteiger partial charge on any atom is -0.465 e. The molecule has 0 fully saturated rings. The lowest BCUT2D eigenvalue weighted by Gasteiger charge is -2.39. The maximum Gasteiger partial charge on any atom is 0.339 e. The van der Waals surface area contributed by atoms with Gasteiger partial charge in [-0.2, -0.15) is 0 Å². The maximum absolute atomic E-state index is 13.8. The molecule has 35 heavy (non-hydrogen) atoms. The van der Waals surface area contributed by atoms with Gasteiger partial charge in [0.15, 0.2) is 5.78 Å². The summed E-state index contributed by atoms with van der Waals surface area (Å²) >= 11 is 0.863. The van der Waals surface area contributed by atoms with Crippen molar-refractivity contribution in [2.24, 2.45) is 0 Å². The fraction of sp³-hybridized carbons (Fsp3) is 0.269. The smallest absolute Gasteiger partial charge is 0.339 e. The number of thioether (sulfide) groups is 1. The highest BCUT2D eigenvalue weighted by molar-refractivity contribution is 8.04. The Labute approximate surface area is 205 Å². The van der Waals surface area contributed by atoms with Crippen LogP contribution in [0.2, 0.25) is 0 Å². The number of benzene rings is 2. The Morgan fingerprint density at radius 2 is 1.34 bits per heavy atom. The fourth-order valence-corrected chi connectivity index (χ4v) is 5.67. The lowest BCUT2D eigenvalue weighted by atomic mass is 9.68. The van der Waals surface area contributed by atoms with E-state index in [1.807, 2.05) is 0 Å². The summed E-state index contributed by atoms with van der Waals surface area (Å²) in [6.07, 6.45) is 0. The second kappa shape index (κ2) is 9.50. The number of hydrogen-bond acceptors (Lipinski definition) is 9. The summed E-state index contributed by atoms with van der Waals surface area (Å²) in [7, 11) is 0. The number of hydrogen-bond donors (Lipinski definition) is 0. The van der Waals surface area contributed by atoms with Gasteiger partial charge in [-0.1, -0.05) is 48.2 Å². The van der Waals surface area contributed by atoms with Gasteiger partial charge < -0.3 is 14.2 Å². The van der Waals surface area contributed by atoms with Crippen molar-refractivity contribution in [2.75, 3.05) is 19.8 Å². The van der Waals surface area contributed by atoms with Gasteiger partial charge in [-0.15, -0.1) is 0 Å². The number of carbonyl (C=O) groups is 5. The first-order chi connectivity index (χ1) is 16.8. The molecule has 0 aromatic heterocycles. The Morgan fingerprint density at radius 3 is 1.91 bits per heavy atom. The molecule has 180 valence electrons. The Bertz CT molecular complexity index is 1290. The number of allylic oxidation sites excluding steroid dienone is 1. The van der Waals surface area contributed by atoms with Crippen molar-refractivity contribution in [3.63, 3.8) is 0 Å². The zero-order valence-corrected chi connectivity index (χ0v) is 20.2. The second-order valence-corrected chi connectivity index (χ2v) is 8.62. The van der Waals surface area contributed by atoms with Crippen LogP contribution in [0.5, 0.6) is 0 Å². The Kier molecular flexibility index (Phi) is 6.62. The number of fused-ring (bicyclic) bond motifs is 2. The van der Waals surface area contributed by atoms with Crippen LogP contribution in [0.1, 0.15) is 57.4 Å². The third kappa shape index (κ3) is 3.58. The van der Waals surface area contributed by atoms with Gasteiger partial charge in [-0.25, -0.2) is 4.79 Å². The zero-order chi connectivity index (χ0) is 25.3. The van der Waals surface area contributed by atoms with Crippen LogP contribution in [0.3, 0.4) is 0 Å². The van der Waals surface area contributed by atoms with Gasteiger partial charge in [0.2, 0.25) is 11.2 Å². The van der Waals surface area contributed by atoms with Crippen LogP contribution in [-0.4, -0.2) is 49.3 Å². The molecule has 0 bridgehead atoms. The molecular weight excluding hydrogens is 472 g/mol. The summed E-state index contributed by atoms with van der Waals surface area (Å²) in [4.78, 5) is 67.6. The first-order valence-electron chi connectivity index (χ1n) is 11.1. The molecule has 0 atom stereocenters. The van der Waals surface area contributed by atoms with Crippen molar-refractivity contribution in [2.45, 2.75) is 31.1 Å². The van der Waals surface area contributed by atoms with Crippen LogP contribution in [0.4, 0.5) is 0 Å². The van der Waals surface area contributed by atoms with E-state index in [-0.39, 0.29) is 57.4 Å². The molecule has 0 spiro atoms. The van der Waals surface area contributed by atoms with Gasteiger partial charge in [-0.3, -0.25) is 19.2 Å². The van der Waals surface area contributed by atoms with Crippen LogP contribution >= 0.6 is 11.8 Å².